The number of alkyl halides is 3. The Bertz CT molecular complexity index is 1530. The van der Waals surface area contributed by atoms with Gasteiger partial charge in [-0.05, 0) is 61.4 Å². The van der Waals surface area contributed by atoms with Gasteiger partial charge in [0.1, 0.15) is 68.0 Å². The lowest BCUT2D eigenvalue weighted by Gasteiger charge is -2.41. The number of aromatic hydroxyl groups is 1. The van der Waals surface area contributed by atoms with Crippen LogP contribution in [0.3, 0.4) is 0 Å². The quantitative estimate of drug-likeness (QED) is 0.147. The van der Waals surface area contributed by atoms with Gasteiger partial charge in [-0.2, -0.15) is 13.2 Å². The van der Waals surface area contributed by atoms with Crippen LogP contribution in [0, 0.1) is 0 Å². The van der Waals surface area contributed by atoms with Crippen molar-refractivity contribution in [1.82, 2.24) is 5.32 Å². The first-order valence-electron chi connectivity index (χ1n) is 14.9. The van der Waals surface area contributed by atoms with Crippen molar-refractivity contribution in [1.29, 1.82) is 0 Å². The van der Waals surface area contributed by atoms with Gasteiger partial charge in [0, 0.05) is 5.57 Å². The van der Waals surface area contributed by atoms with E-state index < -0.39 is 84.6 Å². The second-order valence-corrected chi connectivity index (χ2v) is 11.7. The number of nitrogens with one attached hydrogen (secondary N) is 1. The number of halogens is 3. The maximum atomic E-state index is 13.2. The molecule has 0 spiro atoms. The highest BCUT2D eigenvalue weighted by Crippen LogP contribution is 2.37. The van der Waals surface area contributed by atoms with E-state index in [2.05, 4.69) is 5.32 Å². The Morgan fingerprint density at radius 3 is 2.31 bits per heavy atom. The fourth-order valence-electron chi connectivity index (χ4n) is 5.71. The molecule has 3 aliphatic rings. The Kier molecular flexibility index (Phi) is 10.7. The van der Waals surface area contributed by atoms with Crippen LogP contribution in [-0.2, 0) is 25.2 Å². The maximum absolute atomic E-state index is 13.2. The molecule has 2 aromatic carbocycles. The molecule has 0 aromatic heterocycles. The molecule has 2 aromatic rings. The summed E-state index contributed by atoms with van der Waals surface area (Å²) in [5.74, 6) is -1.58. The predicted molar refractivity (Wildman–Crippen MR) is 158 cm³/mol. The summed E-state index contributed by atoms with van der Waals surface area (Å²) in [5, 5.41) is 65.5. The Labute approximate surface area is 272 Å². The molecule has 2 heterocycles. The number of hydrogen-bond donors (Lipinski definition) is 7. The van der Waals surface area contributed by atoms with Crippen LogP contribution in [0.1, 0.15) is 25.0 Å². The van der Waals surface area contributed by atoms with Crippen LogP contribution in [0.2, 0.25) is 0 Å². The lowest BCUT2D eigenvalue weighted by molar-refractivity contribution is -0.155. The number of aliphatic hydroxyl groups is 5. The molecule has 0 unspecified atom stereocenters. The fraction of sp³-hybridized carbons (Fsp3) is 0.469. The van der Waals surface area contributed by atoms with Crippen molar-refractivity contribution in [3.8, 4) is 17.2 Å². The molecule has 2 saturated heterocycles. The van der Waals surface area contributed by atoms with Gasteiger partial charge < -0.3 is 59.6 Å². The van der Waals surface area contributed by atoms with E-state index in [-0.39, 0.29) is 30.5 Å². The SMILES string of the molecule is C/C(=C\c1ccc(O[C@@H]2O[C@H](/C(C)=C/COc3ccccc3C(F)(F)F)[C@@H](O)[C@@H]2O)c(O)c1)C(=O)N[C@@H]1[C@H](O)[C@@H](O)[C@H]2OCO[C@H]2[C@@H]1O. The summed E-state index contributed by atoms with van der Waals surface area (Å²) in [5.41, 5.74) is -0.120. The third-order valence-electron chi connectivity index (χ3n) is 8.37. The summed E-state index contributed by atoms with van der Waals surface area (Å²) >= 11 is 0. The molecule has 1 saturated carbocycles. The van der Waals surface area contributed by atoms with Gasteiger partial charge in [-0.3, -0.25) is 4.79 Å². The van der Waals surface area contributed by atoms with Crippen molar-refractivity contribution >= 4 is 12.0 Å². The minimum atomic E-state index is -4.61. The van der Waals surface area contributed by atoms with E-state index in [1.807, 2.05) is 0 Å². The third-order valence-corrected chi connectivity index (χ3v) is 8.37. The summed E-state index contributed by atoms with van der Waals surface area (Å²) in [4.78, 5) is 12.9. The Hall–Kier alpha value is -3.74. The number of carbonyl (C=O) groups excluding carboxylic acids is 1. The second kappa shape index (κ2) is 14.4. The summed E-state index contributed by atoms with van der Waals surface area (Å²) in [6.07, 6.45) is -13.5. The van der Waals surface area contributed by atoms with Crippen LogP contribution >= 0.6 is 0 Å². The highest BCUT2D eigenvalue weighted by Gasteiger charge is 2.53. The molecule has 16 heteroatoms. The summed E-state index contributed by atoms with van der Waals surface area (Å²) in [7, 11) is 0. The average Bonchev–Trinajstić information content (AvgIpc) is 3.64. The number of aliphatic hydroxyl groups excluding tert-OH is 5. The lowest BCUT2D eigenvalue weighted by Crippen LogP contribution is -2.67. The number of rotatable bonds is 9. The smallest absolute Gasteiger partial charge is 0.419 e. The van der Waals surface area contributed by atoms with E-state index in [0.29, 0.717) is 11.1 Å². The maximum Gasteiger partial charge on any atom is 0.419 e. The molecule has 5 rings (SSSR count). The van der Waals surface area contributed by atoms with Crippen LogP contribution in [0.15, 0.2) is 59.7 Å². The zero-order valence-electron chi connectivity index (χ0n) is 25.7. The normalized spacial score (nSPS) is 32.5. The minimum Gasteiger partial charge on any atom is -0.504 e. The third kappa shape index (κ3) is 7.45. The van der Waals surface area contributed by atoms with Crippen molar-refractivity contribution in [2.45, 2.75) is 81.2 Å². The Balaban J connectivity index is 1.18. The monoisotopic (exact) mass is 683 g/mol. The predicted octanol–water partition coefficient (Wildman–Crippen LogP) is 0.988. The number of fused-ring (bicyclic) bond motifs is 1. The fourth-order valence-corrected chi connectivity index (χ4v) is 5.71. The van der Waals surface area contributed by atoms with E-state index in [9.17, 15) is 48.6 Å². The first kappa shape index (κ1) is 35.6. The van der Waals surface area contributed by atoms with Gasteiger partial charge in [-0.25, -0.2) is 0 Å². The van der Waals surface area contributed by atoms with Crippen LogP contribution in [-0.4, -0.2) is 111 Å². The molecule has 13 nitrogen and oxygen atoms in total. The van der Waals surface area contributed by atoms with Crippen LogP contribution in [0.4, 0.5) is 13.2 Å². The number of phenolic OH excluding ortho intramolecular Hbond substituents is 1. The first-order valence-corrected chi connectivity index (χ1v) is 14.9. The molecule has 1 amide bonds. The van der Waals surface area contributed by atoms with Crippen molar-refractivity contribution in [2.24, 2.45) is 0 Å². The average molecular weight is 684 g/mol. The minimum absolute atomic E-state index is 0.122. The molecule has 262 valence electrons. The highest BCUT2D eigenvalue weighted by molar-refractivity contribution is 5.97. The van der Waals surface area contributed by atoms with Crippen LogP contribution < -0.4 is 14.8 Å². The van der Waals surface area contributed by atoms with Gasteiger partial charge in [0.2, 0.25) is 12.2 Å². The molecular weight excluding hydrogens is 647 g/mol. The number of carbonyl (C=O) groups is 1. The van der Waals surface area contributed by atoms with Crippen molar-refractivity contribution in [2.75, 3.05) is 13.4 Å². The molecule has 10 atom stereocenters. The summed E-state index contributed by atoms with van der Waals surface area (Å²) < 4.78 is 66.7. The molecule has 0 bridgehead atoms. The lowest BCUT2D eigenvalue weighted by atomic mass is 9.83. The van der Waals surface area contributed by atoms with Gasteiger partial charge in [0.25, 0.3) is 0 Å². The first-order chi connectivity index (χ1) is 22.7. The number of benzene rings is 2. The molecule has 7 N–H and O–H groups in total. The van der Waals surface area contributed by atoms with Crippen LogP contribution in [0.5, 0.6) is 17.2 Å². The van der Waals surface area contributed by atoms with Crippen molar-refractivity contribution in [3.63, 3.8) is 0 Å². The zero-order chi connectivity index (χ0) is 34.9. The van der Waals surface area contributed by atoms with E-state index in [0.717, 1.165) is 6.07 Å². The van der Waals surface area contributed by atoms with Crippen molar-refractivity contribution in [3.05, 3.63) is 70.8 Å². The Morgan fingerprint density at radius 1 is 0.938 bits per heavy atom. The van der Waals surface area contributed by atoms with E-state index in [4.69, 9.17) is 23.7 Å². The summed E-state index contributed by atoms with van der Waals surface area (Å²) in [6, 6.07) is 7.53. The number of hydrogen-bond acceptors (Lipinski definition) is 12. The van der Waals surface area contributed by atoms with E-state index >= 15 is 0 Å². The van der Waals surface area contributed by atoms with E-state index in [1.165, 1.54) is 62.4 Å². The molecule has 48 heavy (non-hydrogen) atoms. The number of para-hydroxylation sites is 1. The van der Waals surface area contributed by atoms with E-state index in [1.54, 1.807) is 0 Å². The number of phenols is 1. The van der Waals surface area contributed by atoms with Gasteiger partial charge in [0.05, 0.1) is 11.6 Å². The zero-order valence-corrected chi connectivity index (χ0v) is 25.7. The highest BCUT2D eigenvalue weighted by atomic mass is 19.4. The van der Waals surface area contributed by atoms with Crippen LogP contribution in [0.25, 0.3) is 6.08 Å². The molecule has 2 aliphatic heterocycles. The van der Waals surface area contributed by atoms with Gasteiger partial charge in [-0.15, -0.1) is 0 Å². The summed E-state index contributed by atoms with van der Waals surface area (Å²) in [6.45, 7) is 2.52. The molecule has 0 radical (unpaired) electrons. The van der Waals surface area contributed by atoms with Gasteiger partial charge >= 0.3 is 6.18 Å². The number of ether oxygens (including phenoxy) is 5. The van der Waals surface area contributed by atoms with Gasteiger partial charge in [-0.1, -0.05) is 18.2 Å². The number of amides is 1. The second-order valence-electron chi connectivity index (χ2n) is 11.7. The molecule has 3 fully saturated rings. The molecule has 1 aliphatic carbocycles. The Morgan fingerprint density at radius 2 is 1.62 bits per heavy atom. The topological polar surface area (TPSA) is 197 Å². The molecular formula is C32H36F3NO12. The largest absolute Gasteiger partial charge is 0.504 e. The van der Waals surface area contributed by atoms with Gasteiger partial charge in [0.15, 0.2) is 11.5 Å². The standard InChI is InChI=1S/C32H36F3NO12/c1-14(9-10-44-19-6-4-3-5-17(19)32(33,34)35)27-25(41)26(42)31(48-27)47-20-8-7-16(12-18(20)37)11-15(2)30(43)36-21-22(38)24(40)29-28(23(21)39)45-13-46-29/h3-9,11-12,21-29,31,37-42H,10,13H2,1-2H3,(H,36,43)/b14-9+,15-11+/t21-,22+,23-,24-,25+,26+,27-,28+,29-,31-/m1/s1. The van der Waals surface area contributed by atoms with Crippen molar-refractivity contribution < 1.29 is 72.3 Å².